The maximum atomic E-state index is 14.3. The van der Waals surface area contributed by atoms with E-state index in [1.807, 2.05) is 9.80 Å². The van der Waals surface area contributed by atoms with E-state index in [0.29, 0.717) is 25.9 Å². The van der Waals surface area contributed by atoms with Crippen LogP contribution in [0.1, 0.15) is 77.0 Å². The van der Waals surface area contributed by atoms with Crippen molar-refractivity contribution in [3.05, 3.63) is 0 Å². The molecular weight excluding hydrogens is 410 g/mol. The van der Waals surface area contributed by atoms with Gasteiger partial charge in [0.25, 0.3) is 0 Å². The van der Waals surface area contributed by atoms with E-state index in [1.54, 1.807) is 0 Å². The van der Waals surface area contributed by atoms with Crippen molar-refractivity contribution >= 4 is 5.78 Å². The Morgan fingerprint density at radius 3 is 1.34 bits per heavy atom. The van der Waals surface area contributed by atoms with E-state index >= 15 is 0 Å². The first-order chi connectivity index (χ1) is 15.5. The van der Waals surface area contributed by atoms with E-state index in [9.17, 15) is 13.6 Å². The molecule has 0 bridgehead atoms. The topological polar surface area (TPSA) is 75.6 Å². The van der Waals surface area contributed by atoms with Crippen LogP contribution in [-0.2, 0) is 4.79 Å². The zero-order chi connectivity index (χ0) is 22.7. The first-order valence-corrected chi connectivity index (χ1v) is 13.3. The number of halogens is 2. The summed E-state index contributed by atoms with van der Waals surface area (Å²) >= 11 is 0. The van der Waals surface area contributed by atoms with Gasteiger partial charge in [-0.15, -0.1) is 0 Å². The Labute approximate surface area is 192 Å². The largest absolute Gasteiger partial charge is 0.326 e. The molecule has 0 spiro atoms. The maximum absolute atomic E-state index is 14.3. The van der Waals surface area contributed by atoms with Gasteiger partial charge in [0, 0.05) is 38.3 Å². The number of nitrogens with zero attached hydrogens (tertiary/aromatic N) is 2. The molecule has 32 heavy (non-hydrogen) atoms. The molecule has 5 nitrogen and oxygen atoms in total. The van der Waals surface area contributed by atoms with Gasteiger partial charge in [-0.05, 0) is 50.4 Å². The van der Waals surface area contributed by atoms with Crippen molar-refractivity contribution < 1.29 is 13.6 Å². The Balaban J connectivity index is 1.60. The Morgan fingerprint density at radius 1 is 0.656 bits per heavy atom. The molecule has 6 atom stereocenters. The third-order valence-electron chi connectivity index (χ3n) is 8.81. The van der Waals surface area contributed by atoms with Crippen molar-refractivity contribution in [2.75, 3.05) is 26.2 Å². The van der Waals surface area contributed by atoms with Crippen LogP contribution in [-0.4, -0.2) is 78.3 Å². The summed E-state index contributed by atoms with van der Waals surface area (Å²) in [6.45, 7) is 1.67. The molecule has 4 N–H and O–H groups in total. The molecule has 7 heteroatoms. The van der Waals surface area contributed by atoms with Gasteiger partial charge in [0.15, 0.2) is 5.78 Å². The van der Waals surface area contributed by atoms with Crippen LogP contribution in [0.2, 0.25) is 0 Å². The van der Waals surface area contributed by atoms with Gasteiger partial charge in [0.1, 0.15) is 12.3 Å². The molecule has 0 aromatic carbocycles. The lowest BCUT2D eigenvalue weighted by Crippen LogP contribution is -2.64. The summed E-state index contributed by atoms with van der Waals surface area (Å²) in [5.74, 6) is 0.607. The molecule has 0 aromatic heterocycles. The van der Waals surface area contributed by atoms with E-state index in [2.05, 4.69) is 0 Å². The van der Waals surface area contributed by atoms with E-state index in [1.165, 1.54) is 12.8 Å². The fourth-order valence-electron chi connectivity index (χ4n) is 6.95. The van der Waals surface area contributed by atoms with E-state index in [-0.39, 0.29) is 42.8 Å². The molecule has 4 rings (SSSR count). The molecule has 0 radical (unpaired) electrons. The lowest BCUT2D eigenvalue weighted by atomic mass is 9.75. The molecule has 2 aliphatic carbocycles. The van der Waals surface area contributed by atoms with Crippen LogP contribution in [0.3, 0.4) is 0 Å². The minimum Gasteiger partial charge on any atom is -0.326 e. The van der Waals surface area contributed by atoms with Gasteiger partial charge in [-0.1, -0.05) is 38.5 Å². The predicted octanol–water partition coefficient (Wildman–Crippen LogP) is 3.20. The van der Waals surface area contributed by atoms with E-state index in [4.69, 9.17) is 11.5 Å². The predicted molar refractivity (Wildman–Crippen MR) is 124 cm³/mol. The fraction of sp³-hybridized carbons (Fsp3) is 0.960. The van der Waals surface area contributed by atoms with Gasteiger partial charge >= 0.3 is 0 Å². The molecule has 2 saturated carbocycles. The first kappa shape index (κ1) is 24.5. The van der Waals surface area contributed by atoms with Crippen LogP contribution < -0.4 is 11.5 Å². The summed E-state index contributed by atoms with van der Waals surface area (Å²) in [7, 11) is 0. The van der Waals surface area contributed by atoms with Gasteiger partial charge in [-0.3, -0.25) is 14.6 Å². The molecule has 2 saturated heterocycles. The minimum absolute atomic E-state index is 0.0318. The minimum atomic E-state index is -0.906. The van der Waals surface area contributed by atoms with Crippen molar-refractivity contribution in [3.63, 3.8) is 0 Å². The van der Waals surface area contributed by atoms with E-state index in [0.717, 1.165) is 51.4 Å². The Morgan fingerprint density at radius 2 is 1.03 bits per heavy atom. The lowest BCUT2D eigenvalue weighted by Gasteiger charge is -2.43. The number of carbonyl (C=O) groups is 1. The Hall–Kier alpha value is -0.630. The molecule has 4 aliphatic rings. The van der Waals surface area contributed by atoms with Crippen LogP contribution >= 0.6 is 0 Å². The summed E-state index contributed by atoms with van der Waals surface area (Å²) in [5.41, 5.74) is 13.7. The average Bonchev–Trinajstić information content (AvgIpc) is 3.43. The number of alkyl halides is 2. The number of ketones is 1. The normalized spacial score (nSPS) is 33.2. The fourth-order valence-corrected chi connectivity index (χ4v) is 6.95. The van der Waals surface area contributed by atoms with Crippen molar-refractivity contribution in [3.8, 4) is 0 Å². The lowest BCUT2D eigenvalue weighted by molar-refractivity contribution is -0.132. The van der Waals surface area contributed by atoms with E-state index < -0.39 is 24.4 Å². The zero-order valence-electron chi connectivity index (χ0n) is 19.6. The van der Waals surface area contributed by atoms with Gasteiger partial charge in [-0.2, -0.15) is 0 Å². The third-order valence-corrected chi connectivity index (χ3v) is 8.81. The molecular formula is C25H44F2N4O. The summed E-state index contributed by atoms with van der Waals surface area (Å²) in [6.07, 6.45) is 10.3. The molecule has 2 heterocycles. The van der Waals surface area contributed by atoms with Gasteiger partial charge in [0.2, 0.25) is 0 Å². The maximum Gasteiger partial charge on any atom is 0.170 e. The molecule has 0 amide bonds. The Kier molecular flexibility index (Phi) is 8.57. The molecule has 184 valence electrons. The first-order valence-electron chi connectivity index (χ1n) is 13.3. The number of likely N-dealkylation sites (tertiary alicyclic amines) is 2. The summed E-state index contributed by atoms with van der Waals surface area (Å²) < 4.78 is 28.5. The second kappa shape index (κ2) is 11.2. The van der Waals surface area contributed by atoms with Crippen molar-refractivity contribution in [1.29, 1.82) is 0 Å². The smallest absolute Gasteiger partial charge is 0.170 e. The third kappa shape index (κ3) is 5.53. The second-order valence-corrected chi connectivity index (χ2v) is 11.0. The number of hydrogen-bond donors (Lipinski definition) is 2. The number of carbonyl (C=O) groups excluding carboxylic acids is 1. The van der Waals surface area contributed by atoms with Crippen LogP contribution in [0.5, 0.6) is 0 Å². The summed E-state index contributed by atoms with van der Waals surface area (Å²) in [6, 6.07) is -1.65. The highest BCUT2D eigenvalue weighted by atomic mass is 19.1. The highest BCUT2D eigenvalue weighted by Gasteiger charge is 2.47. The van der Waals surface area contributed by atoms with Crippen molar-refractivity contribution in [2.24, 2.45) is 23.3 Å². The standard InChI is InChI=1S/C25H44F2N4O/c26-19-11-13-30(15-19)23(21(28)17-7-3-1-4-8-17)25(32)24(31-14-12-20(27)16-31)22(29)18-9-5-2-6-10-18/h17-24H,1-16,28-29H2/t19?,20?,21-,22-,23?,24?/m0/s1. The quantitative estimate of drug-likeness (QED) is 0.589. The number of hydrogen-bond acceptors (Lipinski definition) is 5. The monoisotopic (exact) mass is 454 g/mol. The van der Waals surface area contributed by atoms with Crippen LogP contribution in [0.4, 0.5) is 8.78 Å². The van der Waals surface area contributed by atoms with Gasteiger partial charge in [0.05, 0.1) is 12.1 Å². The number of nitrogens with two attached hydrogens (primary N) is 2. The highest BCUT2D eigenvalue weighted by Crippen LogP contribution is 2.34. The van der Waals surface area contributed by atoms with Gasteiger partial charge in [-0.25, -0.2) is 8.78 Å². The molecule has 0 aromatic rings. The zero-order valence-corrected chi connectivity index (χ0v) is 19.6. The van der Waals surface area contributed by atoms with Crippen LogP contribution in [0.15, 0.2) is 0 Å². The van der Waals surface area contributed by atoms with Crippen molar-refractivity contribution in [2.45, 2.75) is 114 Å². The van der Waals surface area contributed by atoms with Crippen LogP contribution in [0, 0.1) is 11.8 Å². The summed E-state index contributed by atoms with van der Waals surface area (Å²) in [5, 5.41) is 0. The SMILES string of the molecule is N[C@@H](C1CCCCC1)C(C(=O)C([C@@H](N)C1CCCCC1)N1CCC(F)C1)N1CCC(F)C1. The highest BCUT2D eigenvalue weighted by molar-refractivity contribution is 5.90. The number of rotatable bonds is 8. The van der Waals surface area contributed by atoms with Crippen molar-refractivity contribution in [1.82, 2.24) is 9.80 Å². The summed E-state index contributed by atoms with van der Waals surface area (Å²) in [4.78, 5) is 18.3. The molecule has 2 aliphatic heterocycles. The molecule has 4 fully saturated rings. The molecule has 4 unspecified atom stereocenters. The number of Topliss-reactive ketones (excluding diaryl/α,β-unsaturated/α-hetero) is 1. The van der Waals surface area contributed by atoms with Crippen LogP contribution in [0.25, 0.3) is 0 Å². The second-order valence-electron chi connectivity index (χ2n) is 11.0. The van der Waals surface area contributed by atoms with Gasteiger partial charge < -0.3 is 11.5 Å². The Bertz CT molecular complexity index is 561. The average molecular weight is 455 g/mol.